The van der Waals surface area contributed by atoms with E-state index >= 15 is 0 Å². The zero-order valence-corrected chi connectivity index (χ0v) is 12.8. The minimum Gasteiger partial charge on any atom is -0.497 e. The third-order valence-corrected chi connectivity index (χ3v) is 2.97. The van der Waals surface area contributed by atoms with E-state index in [2.05, 4.69) is 15.8 Å². The summed E-state index contributed by atoms with van der Waals surface area (Å²) in [5, 5.41) is 18.2. The van der Waals surface area contributed by atoms with Crippen LogP contribution in [0.25, 0.3) is 0 Å². The topological polar surface area (TPSA) is 100 Å². The summed E-state index contributed by atoms with van der Waals surface area (Å²) in [5.74, 6) is 1.32. The molecule has 1 aromatic carbocycles. The maximum atomic E-state index is 12.0. The summed E-state index contributed by atoms with van der Waals surface area (Å²) in [4.78, 5) is 12.0. The fourth-order valence-electron chi connectivity index (χ4n) is 1.75. The van der Waals surface area contributed by atoms with Gasteiger partial charge >= 0.3 is 0 Å². The Balaban J connectivity index is 1.92. The van der Waals surface area contributed by atoms with Crippen LogP contribution in [0.15, 0.2) is 46.6 Å². The molecule has 1 heterocycles. The monoisotopic (exact) mass is 312 g/mol. The Labute approximate surface area is 133 Å². The van der Waals surface area contributed by atoms with E-state index in [9.17, 15) is 4.79 Å². The van der Waals surface area contributed by atoms with E-state index in [0.717, 1.165) is 11.3 Å². The lowest BCUT2D eigenvalue weighted by molar-refractivity contribution is -0.117. The molecule has 0 aliphatic heterocycles. The summed E-state index contributed by atoms with van der Waals surface area (Å²) in [6, 6.07) is 10.8. The summed E-state index contributed by atoms with van der Waals surface area (Å²) < 4.78 is 9.94. The summed E-state index contributed by atoms with van der Waals surface area (Å²) in [6.07, 6.45) is 1.29. The molecule has 0 bridgehead atoms. The molecule has 2 N–H and O–H groups in total. The molecule has 0 atom stereocenters. The Morgan fingerprint density at radius 2 is 2.17 bits per heavy atom. The van der Waals surface area contributed by atoms with Crippen LogP contribution in [0.5, 0.6) is 5.75 Å². The molecule has 0 fully saturated rings. The molecule has 0 spiro atoms. The van der Waals surface area contributed by atoms with Crippen LogP contribution in [0.1, 0.15) is 11.3 Å². The van der Waals surface area contributed by atoms with E-state index in [-0.39, 0.29) is 5.57 Å². The van der Waals surface area contributed by atoms with Crippen molar-refractivity contribution in [2.24, 2.45) is 0 Å². The Kier molecular flexibility index (Phi) is 5.36. The molecule has 0 unspecified atom stereocenters. The van der Waals surface area contributed by atoms with Crippen molar-refractivity contribution in [1.82, 2.24) is 10.5 Å². The van der Waals surface area contributed by atoms with Gasteiger partial charge in [-0.05, 0) is 24.6 Å². The number of hydrogen-bond donors (Lipinski definition) is 2. The van der Waals surface area contributed by atoms with Gasteiger partial charge in [0.25, 0.3) is 5.91 Å². The summed E-state index contributed by atoms with van der Waals surface area (Å²) in [5.41, 5.74) is 0.843. The Bertz CT molecular complexity index is 741. The highest BCUT2D eigenvalue weighted by atomic mass is 16.5. The van der Waals surface area contributed by atoms with Crippen LogP contribution in [0.2, 0.25) is 0 Å². The van der Waals surface area contributed by atoms with E-state index in [1.165, 1.54) is 6.20 Å². The number of hydrogen-bond acceptors (Lipinski definition) is 6. The van der Waals surface area contributed by atoms with Gasteiger partial charge in [-0.25, -0.2) is 0 Å². The maximum absolute atomic E-state index is 12.0. The fraction of sp³-hybridized carbons (Fsp3) is 0.188. The molecule has 0 aliphatic carbocycles. The molecule has 1 amide bonds. The average Bonchev–Trinajstić information content (AvgIpc) is 2.99. The fourth-order valence-corrected chi connectivity index (χ4v) is 1.75. The zero-order chi connectivity index (χ0) is 16.7. The summed E-state index contributed by atoms with van der Waals surface area (Å²) in [6.45, 7) is 2.06. The van der Waals surface area contributed by atoms with Gasteiger partial charge in [0.2, 0.25) is 0 Å². The van der Waals surface area contributed by atoms with Gasteiger partial charge in [0.15, 0.2) is 5.82 Å². The maximum Gasteiger partial charge on any atom is 0.263 e. The molecule has 118 valence electrons. The van der Waals surface area contributed by atoms with E-state index in [0.29, 0.717) is 18.1 Å². The zero-order valence-electron chi connectivity index (χ0n) is 12.8. The third-order valence-electron chi connectivity index (χ3n) is 2.97. The van der Waals surface area contributed by atoms with Crippen molar-refractivity contribution in [3.05, 3.63) is 53.4 Å². The van der Waals surface area contributed by atoms with Gasteiger partial charge < -0.3 is 19.9 Å². The number of nitrogens with one attached hydrogen (secondary N) is 2. The highest BCUT2D eigenvalue weighted by Gasteiger charge is 2.09. The van der Waals surface area contributed by atoms with Gasteiger partial charge in [-0.3, -0.25) is 4.79 Å². The Hall–Kier alpha value is -3.27. The first-order valence-electron chi connectivity index (χ1n) is 6.83. The van der Waals surface area contributed by atoms with E-state index in [1.807, 2.05) is 18.2 Å². The van der Waals surface area contributed by atoms with E-state index in [4.69, 9.17) is 14.5 Å². The molecule has 0 aliphatic rings. The van der Waals surface area contributed by atoms with Gasteiger partial charge in [0.1, 0.15) is 23.2 Å². The summed E-state index contributed by atoms with van der Waals surface area (Å²) in [7, 11) is 1.59. The SMILES string of the molecule is COc1ccc(CNC(=O)/C(C#N)=C\Nc2cc(C)on2)cc1. The van der Waals surface area contributed by atoms with Gasteiger partial charge in [-0.1, -0.05) is 17.3 Å². The average molecular weight is 312 g/mol. The van der Waals surface area contributed by atoms with Crippen molar-refractivity contribution in [3.63, 3.8) is 0 Å². The number of nitrogens with zero attached hydrogens (tertiary/aromatic N) is 2. The molecular weight excluding hydrogens is 296 g/mol. The van der Waals surface area contributed by atoms with Crippen molar-refractivity contribution in [2.75, 3.05) is 12.4 Å². The van der Waals surface area contributed by atoms with Crippen LogP contribution in [0.4, 0.5) is 5.82 Å². The number of methoxy groups -OCH3 is 1. The summed E-state index contributed by atoms with van der Waals surface area (Å²) >= 11 is 0. The van der Waals surface area contributed by atoms with Crippen LogP contribution < -0.4 is 15.4 Å². The molecule has 7 nitrogen and oxygen atoms in total. The number of aryl methyl sites for hydroxylation is 1. The lowest BCUT2D eigenvalue weighted by atomic mass is 10.2. The number of rotatable bonds is 6. The number of nitriles is 1. The predicted molar refractivity (Wildman–Crippen MR) is 83.4 cm³/mol. The normalized spacial score (nSPS) is 10.7. The van der Waals surface area contributed by atoms with E-state index < -0.39 is 5.91 Å². The molecule has 23 heavy (non-hydrogen) atoms. The molecule has 0 radical (unpaired) electrons. The van der Waals surface area contributed by atoms with Crippen LogP contribution in [-0.2, 0) is 11.3 Å². The Morgan fingerprint density at radius 1 is 1.43 bits per heavy atom. The van der Waals surface area contributed by atoms with Crippen molar-refractivity contribution in [3.8, 4) is 11.8 Å². The minimum atomic E-state index is -0.476. The number of ether oxygens (including phenoxy) is 1. The molecule has 0 saturated carbocycles. The predicted octanol–water partition coefficient (Wildman–Crippen LogP) is 2.13. The van der Waals surface area contributed by atoms with Crippen LogP contribution in [0, 0.1) is 18.3 Å². The number of carbonyl (C=O) groups excluding carboxylic acids is 1. The van der Waals surface area contributed by atoms with Gasteiger partial charge in [0.05, 0.1) is 7.11 Å². The van der Waals surface area contributed by atoms with Crippen molar-refractivity contribution in [1.29, 1.82) is 5.26 Å². The minimum absolute atomic E-state index is 0.0563. The van der Waals surface area contributed by atoms with Gasteiger partial charge in [-0.15, -0.1) is 0 Å². The Morgan fingerprint density at radius 3 is 2.74 bits per heavy atom. The first kappa shape index (κ1) is 16.1. The second-order valence-corrected chi connectivity index (χ2v) is 4.67. The number of amides is 1. The largest absolute Gasteiger partial charge is 0.497 e. The van der Waals surface area contributed by atoms with E-state index in [1.54, 1.807) is 32.2 Å². The van der Waals surface area contributed by atoms with Crippen LogP contribution in [-0.4, -0.2) is 18.2 Å². The van der Waals surface area contributed by atoms with Gasteiger partial charge in [0, 0.05) is 18.8 Å². The lowest BCUT2D eigenvalue weighted by Gasteiger charge is -2.05. The second-order valence-electron chi connectivity index (χ2n) is 4.67. The quantitative estimate of drug-likeness (QED) is 0.626. The van der Waals surface area contributed by atoms with Gasteiger partial charge in [-0.2, -0.15) is 5.26 Å². The van der Waals surface area contributed by atoms with Crippen molar-refractivity contribution < 1.29 is 14.1 Å². The highest BCUT2D eigenvalue weighted by molar-refractivity contribution is 5.97. The van der Waals surface area contributed by atoms with Crippen LogP contribution >= 0.6 is 0 Å². The smallest absolute Gasteiger partial charge is 0.263 e. The number of carbonyl (C=O) groups is 1. The third kappa shape index (κ3) is 4.61. The second kappa shape index (κ2) is 7.66. The highest BCUT2D eigenvalue weighted by Crippen LogP contribution is 2.11. The number of aromatic nitrogens is 1. The molecule has 2 rings (SSSR count). The molecular formula is C16H16N4O3. The van der Waals surface area contributed by atoms with Crippen molar-refractivity contribution in [2.45, 2.75) is 13.5 Å². The molecule has 0 saturated heterocycles. The van der Waals surface area contributed by atoms with Crippen molar-refractivity contribution >= 4 is 11.7 Å². The molecule has 1 aromatic heterocycles. The molecule has 2 aromatic rings. The number of anilines is 1. The van der Waals surface area contributed by atoms with Crippen LogP contribution in [0.3, 0.4) is 0 Å². The standard InChI is InChI=1S/C16H16N4O3/c1-11-7-15(20-23-11)18-10-13(8-17)16(21)19-9-12-3-5-14(22-2)6-4-12/h3-7,10H,9H2,1-2H3,(H,18,20)(H,19,21)/b13-10-. The first-order valence-corrected chi connectivity index (χ1v) is 6.83. The lowest BCUT2D eigenvalue weighted by Crippen LogP contribution is -2.24. The number of benzene rings is 1. The molecule has 7 heteroatoms. The first-order chi connectivity index (χ1) is 11.1.